The van der Waals surface area contributed by atoms with Crippen LogP contribution in [0.4, 0.5) is 23.2 Å². The highest BCUT2D eigenvalue weighted by Gasteiger charge is 2.37. The molecule has 0 atom stereocenters. The number of hydrogen-bond donors (Lipinski definition) is 0. The molecule has 1 fully saturated rings. The molecule has 1 aliphatic heterocycles. The van der Waals surface area contributed by atoms with Gasteiger partial charge in [0.05, 0.1) is 11.1 Å². The Morgan fingerprint density at radius 2 is 1.54 bits per heavy atom. The van der Waals surface area contributed by atoms with Crippen molar-refractivity contribution in [3.8, 4) is 0 Å². The van der Waals surface area contributed by atoms with Crippen molar-refractivity contribution in [1.82, 2.24) is 4.90 Å². The monoisotopic (exact) mass is 414 g/mol. The van der Waals surface area contributed by atoms with Crippen molar-refractivity contribution in [2.75, 3.05) is 31.1 Å². The summed E-state index contributed by atoms with van der Waals surface area (Å²) in [5, 5.41) is -0.572. The summed E-state index contributed by atoms with van der Waals surface area (Å²) in [5.41, 5.74) is -0.686. The predicted molar refractivity (Wildman–Crippen MR) is 96.1 cm³/mol. The van der Waals surface area contributed by atoms with Crippen LogP contribution in [0, 0.1) is 5.82 Å². The SMILES string of the molecule is O=C(Cl)c1ccc(N2CCN(C(=O)c3cc(F)ccc3C(F)(F)F)CC2)cc1. The van der Waals surface area contributed by atoms with E-state index in [0.29, 0.717) is 36.9 Å². The Kier molecular flexibility index (Phi) is 5.60. The molecule has 1 heterocycles. The number of carbonyl (C=O) groups is 2. The molecule has 1 aliphatic rings. The summed E-state index contributed by atoms with van der Waals surface area (Å²) in [5.74, 6) is -1.75. The highest BCUT2D eigenvalue weighted by molar-refractivity contribution is 6.67. The molecule has 4 nitrogen and oxygen atoms in total. The fourth-order valence-electron chi connectivity index (χ4n) is 3.08. The zero-order valence-electron chi connectivity index (χ0n) is 14.5. The lowest BCUT2D eigenvalue weighted by Crippen LogP contribution is -2.49. The highest BCUT2D eigenvalue weighted by atomic mass is 35.5. The molecule has 0 bridgehead atoms. The van der Waals surface area contributed by atoms with Gasteiger partial charge >= 0.3 is 6.18 Å². The standard InChI is InChI=1S/C19H15ClF4N2O2/c20-17(27)12-1-4-14(5-2-12)25-7-9-26(10-8-25)18(28)15-11-13(21)3-6-16(15)19(22,23)24/h1-6,11H,7-10H2. The molecule has 0 aromatic heterocycles. The van der Waals surface area contributed by atoms with Gasteiger partial charge in [0.1, 0.15) is 5.82 Å². The third-order valence-corrected chi connectivity index (χ3v) is 4.76. The van der Waals surface area contributed by atoms with Crippen LogP contribution in [0.25, 0.3) is 0 Å². The van der Waals surface area contributed by atoms with Crippen molar-refractivity contribution in [2.45, 2.75) is 6.18 Å². The largest absolute Gasteiger partial charge is 0.417 e. The average Bonchev–Trinajstić information content (AvgIpc) is 2.66. The summed E-state index contributed by atoms with van der Waals surface area (Å²) in [4.78, 5) is 26.9. The molecule has 9 heteroatoms. The van der Waals surface area contributed by atoms with E-state index in [1.807, 2.05) is 4.90 Å². The van der Waals surface area contributed by atoms with Crippen molar-refractivity contribution in [1.29, 1.82) is 0 Å². The molecular formula is C19H15ClF4N2O2. The summed E-state index contributed by atoms with van der Waals surface area (Å²) in [6.07, 6.45) is -4.75. The van der Waals surface area contributed by atoms with E-state index in [9.17, 15) is 27.2 Å². The maximum Gasteiger partial charge on any atom is 0.417 e. The number of benzene rings is 2. The van der Waals surface area contributed by atoms with Crippen molar-refractivity contribution in [3.63, 3.8) is 0 Å². The van der Waals surface area contributed by atoms with E-state index >= 15 is 0 Å². The topological polar surface area (TPSA) is 40.6 Å². The minimum atomic E-state index is -4.75. The van der Waals surface area contributed by atoms with Crippen LogP contribution in [0.2, 0.25) is 0 Å². The van der Waals surface area contributed by atoms with Gasteiger partial charge in [-0.25, -0.2) is 4.39 Å². The van der Waals surface area contributed by atoms with Crippen molar-refractivity contribution in [3.05, 3.63) is 65.0 Å². The average molecular weight is 415 g/mol. The first-order chi connectivity index (χ1) is 13.2. The molecule has 0 unspecified atom stereocenters. The van der Waals surface area contributed by atoms with Gasteiger partial charge in [-0.3, -0.25) is 9.59 Å². The van der Waals surface area contributed by atoms with Gasteiger partial charge in [0.2, 0.25) is 0 Å². The lowest BCUT2D eigenvalue weighted by molar-refractivity contribution is -0.138. The number of hydrogen-bond acceptors (Lipinski definition) is 3. The Bertz CT molecular complexity index is 892. The Labute approximate surface area is 163 Å². The lowest BCUT2D eigenvalue weighted by atomic mass is 10.0. The molecule has 28 heavy (non-hydrogen) atoms. The van der Waals surface area contributed by atoms with Crippen LogP contribution in [0.5, 0.6) is 0 Å². The predicted octanol–water partition coefficient (Wildman–Crippen LogP) is 4.19. The molecule has 1 amide bonds. The smallest absolute Gasteiger partial charge is 0.368 e. The summed E-state index contributed by atoms with van der Waals surface area (Å²) in [6, 6.07) is 8.46. The third kappa shape index (κ3) is 4.27. The van der Waals surface area contributed by atoms with Crippen LogP contribution in [0.1, 0.15) is 26.3 Å². The van der Waals surface area contributed by atoms with Crippen LogP contribution in [0.3, 0.4) is 0 Å². The quantitative estimate of drug-likeness (QED) is 0.558. The summed E-state index contributed by atoms with van der Waals surface area (Å²) in [7, 11) is 0. The number of nitrogens with zero attached hydrogens (tertiary/aromatic N) is 2. The molecule has 2 aromatic rings. The van der Waals surface area contributed by atoms with E-state index in [0.717, 1.165) is 5.69 Å². The van der Waals surface area contributed by atoms with Gasteiger partial charge in [-0.05, 0) is 54.1 Å². The second-order valence-corrected chi connectivity index (χ2v) is 6.63. The number of anilines is 1. The highest BCUT2D eigenvalue weighted by Crippen LogP contribution is 2.33. The van der Waals surface area contributed by atoms with Crippen molar-refractivity contribution >= 4 is 28.4 Å². The number of amides is 1. The van der Waals surface area contributed by atoms with E-state index in [1.165, 1.54) is 4.90 Å². The van der Waals surface area contributed by atoms with Gasteiger partial charge < -0.3 is 9.80 Å². The van der Waals surface area contributed by atoms with E-state index in [-0.39, 0.29) is 13.1 Å². The van der Waals surface area contributed by atoms with Crippen LogP contribution in [-0.4, -0.2) is 42.2 Å². The van der Waals surface area contributed by atoms with Crippen LogP contribution in [-0.2, 0) is 6.18 Å². The van der Waals surface area contributed by atoms with Crippen molar-refractivity contribution in [2.24, 2.45) is 0 Å². The molecule has 3 rings (SSSR count). The van der Waals surface area contributed by atoms with Gasteiger partial charge in [-0.2, -0.15) is 13.2 Å². The molecule has 2 aromatic carbocycles. The first-order valence-corrected chi connectivity index (χ1v) is 8.75. The fraction of sp³-hybridized carbons (Fsp3) is 0.263. The molecule has 0 spiro atoms. The van der Waals surface area contributed by atoms with Gasteiger partial charge in [0.25, 0.3) is 11.1 Å². The van der Waals surface area contributed by atoms with Gasteiger partial charge in [0.15, 0.2) is 0 Å². The van der Waals surface area contributed by atoms with E-state index in [1.54, 1.807) is 24.3 Å². The minimum Gasteiger partial charge on any atom is -0.368 e. The fourth-order valence-corrected chi connectivity index (χ4v) is 3.21. The number of carbonyl (C=O) groups excluding carboxylic acids is 2. The molecular weight excluding hydrogens is 400 g/mol. The Morgan fingerprint density at radius 3 is 2.07 bits per heavy atom. The summed E-state index contributed by atoms with van der Waals surface area (Å²) >= 11 is 5.41. The van der Waals surface area contributed by atoms with Crippen LogP contribution in [0.15, 0.2) is 42.5 Å². The Balaban J connectivity index is 1.72. The van der Waals surface area contributed by atoms with Crippen LogP contribution >= 0.6 is 11.6 Å². The Hall–Kier alpha value is -2.61. The van der Waals surface area contributed by atoms with Gasteiger partial charge in [0, 0.05) is 37.4 Å². The van der Waals surface area contributed by atoms with Gasteiger partial charge in [-0.1, -0.05) is 0 Å². The van der Waals surface area contributed by atoms with Crippen LogP contribution < -0.4 is 4.90 Å². The summed E-state index contributed by atoms with van der Waals surface area (Å²) < 4.78 is 52.9. The lowest BCUT2D eigenvalue weighted by Gasteiger charge is -2.36. The molecule has 0 aliphatic carbocycles. The zero-order valence-corrected chi connectivity index (χ0v) is 15.2. The van der Waals surface area contributed by atoms with Gasteiger partial charge in [-0.15, -0.1) is 0 Å². The molecule has 0 radical (unpaired) electrons. The van der Waals surface area contributed by atoms with Crippen molar-refractivity contribution < 1.29 is 27.2 Å². The zero-order chi connectivity index (χ0) is 20.5. The number of halogens is 5. The third-order valence-electron chi connectivity index (χ3n) is 4.54. The second-order valence-electron chi connectivity index (χ2n) is 6.29. The first kappa shape index (κ1) is 20.1. The number of rotatable bonds is 3. The molecule has 148 valence electrons. The normalized spacial score (nSPS) is 14.9. The minimum absolute atomic E-state index is 0.183. The Morgan fingerprint density at radius 1 is 0.929 bits per heavy atom. The first-order valence-electron chi connectivity index (χ1n) is 8.37. The van der Waals surface area contributed by atoms with E-state index < -0.39 is 34.3 Å². The number of piperazine rings is 1. The second kappa shape index (κ2) is 7.79. The molecule has 0 saturated carbocycles. The van der Waals surface area contributed by atoms with E-state index in [4.69, 9.17) is 11.6 Å². The molecule has 1 saturated heterocycles. The maximum absolute atomic E-state index is 13.5. The van der Waals surface area contributed by atoms with E-state index in [2.05, 4.69) is 0 Å². The number of alkyl halides is 3. The summed E-state index contributed by atoms with van der Waals surface area (Å²) in [6.45, 7) is 1.14. The maximum atomic E-state index is 13.5. The molecule has 0 N–H and O–H groups in total.